The number of anilines is 1. The van der Waals surface area contributed by atoms with Crippen LogP contribution in [0, 0.1) is 0 Å². The Morgan fingerprint density at radius 2 is 1.71 bits per heavy atom. The van der Waals surface area contributed by atoms with E-state index in [1.807, 2.05) is 0 Å². The van der Waals surface area contributed by atoms with Crippen LogP contribution in [0.15, 0.2) is 23.6 Å². The molecule has 0 saturated carbocycles. The number of thiazole rings is 1. The number of hydrogen-bond acceptors (Lipinski definition) is 6. The lowest BCUT2D eigenvalue weighted by Gasteiger charge is -2.23. The summed E-state index contributed by atoms with van der Waals surface area (Å²) in [6.07, 6.45) is -9.77. The number of benzene rings is 1. The molecule has 2 rings (SSSR count). The molecule has 2 amide bonds. The number of carbonyl (C=O) groups is 2. The lowest BCUT2D eigenvalue weighted by Crippen LogP contribution is -2.36. The van der Waals surface area contributed by atoms with Gasteiger partial charge >= 0.3 is 24.4 Å². The first kappa shape index (κ1) is 27.4. The van der Waals surface area contributed by atoms with E-state index >= 15 is 0 Å². The predicted octanol–water partition coefficient (Wildman–Crippen LogP) is 5.43. The van der Waals surface area contributed by atoms with E-state index in [4.69, 9.17) is 9.47 Å². The van der Waals surface area contributed by atoms with E-state index in [9.17, 15) is 35.9 Å². The molecule has 1 aromatic heterocycles. The summed E-state index contributed by atoms with van der Waals surface area (Å²) in [5.74, 6) is -0.663. The number of urea groups is 1. The maximum Gasteiger partial charge on any atom is 0.416 e. The van der Waals surface area contributed by atoms with Crippen molar-refractivity contribution in [1.82, 2.24) is 9.88 Å². The van der Waals surface area contributed by atoms with Crippen molar-refractivity contribution in [3.63, 3.8) is 0 Å². The van der Waals surface area contributed by atoms with Crippen LogP contribution in [0.5, 0.6) is 0 Å². The minimum atomic E-state index is -5.05. The summed E-state index contributed by atoms with van der Waals surface area (Å²) < 4.78 is 88.4. The molecule has 1 heterocycles. The fraction of sp³-hybridized carbons (Fsp3) is 0.450. The summed E-state index contributed by atoms with van der Waals surface area (Å²) in [5.41, 5.74) is -3.76. The van der Waals surface area contributed by atoms with Gasteiger partial charge in [0.25, 0.3) is 0 Å². The van der Waals surface area contributed by atoms with Gasteiger partial charge in [0.1, 0.15) is 5.01 Å². The van der Waals surface area contributed by atoms with Gasteiger partial charge < -0.3 is 19.7 Å². The minimum absolute atomic E-state index is 0.0202. The van der Waals surface area contributed by atoms with Gasteiger partial charge in [0.15, 0.2) is 5.69 Å². The number of carbonyl (C=O) groups excluding carboxylic acids is 2. The molecule has 0 bridgehead atoms. The Kier molecular flexibility index (Phi) is 9.27. The largest absolute Gasteiger partial charge is 0.461 e. The topological polar surface area (TPSA) is 80.8 Å². The van der Waals surface area contributed by atoms with Crippen molar-refractivity contribution in [2.45, 2.75) is 32.2 Å². The van der Waals surface area contributed by atoms with E-state index in [-0.39, 0.29) is 38.1 Å². The van der Waals surface area contributed by atoms with E-state index in [0.29, 0.717) is 23.6 Å². The summed E-state index contributed by atoms with van der Waals surface area (Å²) >= 11 is 1.04. The second kappa shape index (κ2) is 11.5. The van der Waals surface area contributed by atoms with Crippen LogP contribution in [0.2, 0.25) is 0 Å². The Morgan fingerprint density at radius 3 is 2.24 bits per heavy atom. The van der Waals surface area contributed by atoms with Gasteiger partial charge in [-0.15, -0.1) is 11.3 Å². The van der Waals surface area contributed by atoms with Gasteiger partial charge in [-0.3, -0.25) is 0 Å². The highest BCUT2D eigenvalue weighted by atomic mass is 32.1. The number of aromatic nitrogens is 1. The lowest BCUT2D eigenvalue weighted by molar-refractivity contribution is -0.143. The fourth-order valence-corrected chi connectivity index (χ4v) is 3.51. The van der Waals surface area contributed by atoms with Gasteiger partial charge in [-0.25, -0.2) is 14.6 Å². The predicted molar refractivity (Wildman–Crippen MR) is 110 cm³/mol. The number of esters is 1. The van der Waals surface area contributed by atoms with E-state index in [1.165, 1.54) is 12.5 Å². The van der Waals surface area contributed by atoms with Crippen molar-refractivity contribution in [1.29, 1.82) is 0 Å². The summed E-state index contributed by atoms with van der Waals surface area (Å²) in [7, 11) is 1.43. The van der Waals surface area contributed by atoms with Crippen molar-refractivity contribution in [2.24, 2.45) is 0 Å². The second-order valence-electron chi connectivity index (χ2n) is 6.84. The number of alkyl halides is 6. The third-order valence-electron chi connectivity index (χ3n) is 4.27. The number of ether oxygens (including phenoxy) is 2. The number of nitrogens with one attached hydrogen (secondary N) is 1. The molecule has 34 heavy (non-hydrogen) atoms. The average molecular weight is 513 g/mol. The molecule has 0 aliphatic rings. The number of hydrogen-bond donors (Lipinski definition) is 1. The Bertz CT molecular complexity index is 961. The highest BCUT2D eigenvalue weighted by Gasteiger charge is 2.37. The van der Waals surface area contributed by atoms with Gasteiger partial charge in [-0.1, -0.05) is 0 Å². The molecule has 0 radical (unpaired) electrons. The second-order valence-corrected chi connectivity index (χ2v) is 7.78. The molecule has 0 spiro atoms. The molecule has 0 aliphatic carbocycles. The summed E-state index contributed by atoms with van der Waals surface area (Å²) in [5, 5.41) is 3.83. The van der Waals surface area contributed by atoms with Crippen LogP contribution in [0.1, 0.15) is 40.0 Å². The Morgan fingerprint density at radius 1 is 1.09 bits per heavy atom. The van der Waals surface area contributed by atoms with Crippen LogP contribution < -0.4 is 5.32 Å². The quantitative estimate of drug-likeness (QED) is 0.275. The monoisotopic (exact) mass is 513 g/mol. The molecule has 0 unspecified atom stereocenters. The van der Waals surface area contributed by atoms with E-state index < -0.39 is 41.2 Å². The number of amides is 2. The molecule has 0 atom stereocenters. The van der Waals surface area contributed by atoms with Crippen molar-refractivity contribution in [3.8, 4) is 0 Å². The fourth-order valence-electron chi connectivity index (χ4n) is 2.73. The molecule has 0 aliphatic heterocycles. The van der Waals surface area contributed by atoms with Crippen LogP contribution in [0.3, 0.4) is 0 Å². The van der Waals surface area contributed by atoms with Gasteiger partial charge in [0, 0.05) is 31.3 Å². The molecular formula is C20H21F6N3O4S. The molecule has 14 heteroatoms. The van der Waals surface area contributed by atoms with Crippen molar-refractivity contribution in [3.05, 3.63) is 45.4 Å². The van der Waals surface area contributed by atoms with Gasteiger partial charge in [-0.2, -0.15) is 26.3 Å². The maximum absolute atomic E-state index is 13.1. The third kappa shape index (κ3) is 7.87. The first-order valence-corrected chi connectivity index (χ1v) is 10.7. The first-order chi connectivity index (χ1) is 15.8. The van der Waals surface area contributed by atoms with Crippen LogP contribution in [0.4, 0.5) is 36.8 Å². The van der Waals surface area contributed by atoms with Gasteiger partial charge in [-0.05, 0) is 31.5 Å². The average Bonchev–Trinajstić information content (AvgIpc) is 3.20. The molecule has 188 valence electrons. The maximum atomic E-state index is 13.1. The van der Waals surface area contributed by atoms with E-state index in [2.05, 4.69) is 10.3 Å². The van der Waals surface area contributed by atoms with E-state index in [1.54, 1.807) is 6.92 Å². The van der Waals surface area contributed by atoms with Crippen LogP contribution >= 0.6 is 11.3 Å². The number of nitrogens with zero attached hydrogens (tertiary/aromatic N) is 2. The van der Waals surface area contributed by atoms with Crippen LogP contribution in [-0.4, -0.2) is 48.8 Å². The van der Waals surface area contributed by atoms with Crippen molar-refractivity contribution >= 4 is 29.0 Å². The SMILES string of the molecule is CCOC(=O)c1csc(CN(CCCOC)C(=O)Nc2cc(C(F)(F)F)cc(C(F)(F)F)c2)n1. The normalized spacial score (nSPS) is 11.9. The molecule has 1 aromatic carbocycles. The molecular weight excluding hydrogens is 492 g/mol. The number of methoxy groups -OCH3 is 1. The lowest BCUT2D eigenvalue weighted by atomic mass is 10.1. The smallest absolute Gasteiger partial charge is 0.416 e. The van der Waals surface area contributed by atoms with E-state index in [0.717, 1.165) is 16.2 Å². The standard InChI is InChI=1S/C20H21F6N3O4S/c1-3-33-17(30)15-11-34-16(28-15)10-29(5-4-6-32-2)18(31)27-14-8-12(19(21,22)23)7-13(9-14)20(24,25)26/h7-9,11H,3-6,10H2,1-2H3,(H,27,31). The Balaban J connectivity index is 2.27. The molecule has 2 aromatic rings. The highest BCUT2D eigenvalue weighted by Crippen LogP contribution is 2.37. The first-order valence-electron chi connectivity index (χ1n) is 9.81. The van der Waals surface area contributed by atoms with Crippen LogP contribution in [0.25, 0.3) is 0 Å². The highest BCUT2D eigenvalue weighted by molar-refractivity contribution is 7.09. The zero-order valence-electron chi connectivity index (χ0n) is 18.0. The zero-order chi connectivity index (χ0) is 25.5. The summed E-state index contributed by atoms with van der Waals surface area (Å²) in [4.78, 5) is 29.8. The summed E-state index contributed by atoms with van der Waals surface area (Å²) in [6.45, 7) is 1.90. The Hall–Kier alpha value is -2.87. The van der Waals surface area contributed by atoms with Crippen molar-refractivity contribution in [2.75, 3.05) is 32.2 Å². The number of halogens is 6. The zero-order valence-corrected chi connectivity index (χ0v) is 18.9. The number of rotatable bonds is 9. The van der Waals surface area contributed by atoms with Crippen molar-refractivity contribution < 1.29 is 45.4 Å². The Labute approximate surface area is 194 Å². The molecule has 1 N–H and O–H groups in total. The molecule has 0 saturated heterocycles. The third-order valence-corrected chi connectivity index (χ3v) is 5.10. The molecule has 7 nitrogen and oxygen atoms in total. The van der Waals surface area contributed by atoms with Crippen LogP contribution in [-0.2, 0) is 28.4 Å². The van der Waals surface area contributed by atoms with Gasteiger partial charge in [0.05, 0.1) is 24.3 Å². The van der Waals surface area contributed by atoms with Gasteiger partial charge in [0.2, 0.25) is 0 Å². The molecule has 0 fully saturated rings. The minimum Gasteiger partial charge on any atom is -0.461 e. The summed E-state index contributed by atoms with van der Waals surface area (Å²) in [6, 6.07) is -0.138.